The highest BCUT2D eigenvalue weighted by Crippen LogP contribution is 2.07. The molecule has 0 atom stereocenters. The maximum atomic E-state index is 11.4. The zero-order valence-corrected chi connectivity index (χ0v) is 15.9. The molecule has 0 radical (unpaired) electrons. The lowest BCUT2D eigenvalue weighted by molar-refractivity contribution is -0.909. The van der Waals surface area contributed by atoms with Crippen LogP contribution >= 0.6 is 0 Å². The monoisotopic (exact) mass is 377 g/mol. The molecule has 8 nitrogen and oxygen atoms in total. The summed E-state index contributed by atoms with van der Waals surface area (Å²) >= 11 is 0. The molecule has 0 bridgehead atoms. The van der Waals surface area contributed by atoms with Crippen molar-refractivity contribution >= 4 is 22.1 Å². The quantitative estimate of drug-likeness (QED) is 0.212. The number of hydrogen-bond donors (Lipinski definition) is 0. The van der Waals surface area contributed by atoms with Crippen molar-refractivity contribution in [1.82, 2.24) is 0 Å². The molecule has 0 heterocycles. The van der Waals surface area contributed by atoms with E-state index in [2.05, 4.69) is 13.2 Å². The van der Waals surface area contributed by atoms with Crippen LogP contribution in [0.4, 0.5) is 0 Å². The normalized spacial score (nSPS) is 11.7. The Morgan fingerprint density at radius 1 is 0.960 bits per heavy atom. The zero-order chi connectivity index (χ0) is 19.7. The molecular weight excluding hydrogens is 350 g/mol. The molecule has 0 aliphatic rings. The Bertz CT molecular complexity index is 578. The van der Waals surface area contributed by atoms with Gasteiger partial charge in [-0.2, -0.15) is 0 Å². The molecule has 144 valence electrons. The van der Waals surface area contributed by atoms with Crippen molar-refractivity contribution in [2.45, 2.75) is 20.3 Å². The van der Waals surface area contributed by atoms with Gasteiger partial charge in [0.15, 0.2) is 0 Å². The van der Waals surface area contributed by atoms with Crippen molar-refractivity contribution in [2.75, 3.05) is 45.6 Å². The lowest BCUT2D eigenvalue weighted by Gasteiger charge is -2.34. The van der Waals surface area contributed by atoms with E-state index in [-0.39, 0.29) is 35.3 Å². The predicted molar refractivity (Wildman–Crippen MR) is 91.5 cm³/mol. The SMILES string of the molecule is C=C(C)C(=O)OCC[N+](C)(CCCS(=O)(=O)[O-])CCOC(=O)C(=C)C. The summed E-state index contributed by atoms with van der Waals surface area (Å²) in [6.45, 7) is 11.3. The number of ether oxygens (including phenoxy) is 2. The van der Waals surface area contributed by atoms with Crippen molar-refractivity contribution in [3.8, 4) is 0 Å². The summed E-state index contributed by atoms with van der Waals surface area (Å²) in [5.41, 5.74) is 0.559. The number of quaternary nitrogens is 1. The summed E-state index contributed by atoms with van der Waals surface area (Å²) in [5.74, 6) is -1.50. The lowest BCUT2D eigenvalue weighted by Crippen LogP contribution is -2.50. The van der Waals surface area contributed by atoms with E-state index in [4.69, 9.17) is 9.47 Å². The molecule has 0 N–H and O–H groups in total. The smallest absolute Gasteiger partial charge is 0.333 e. The average Bonchev–Trinajstić information content (AvgIpc) is 2.45. The zero-order valence-electron chi connectivity index (χ0n) is 15.1. The summed E-state index contributed by atoms with van der Waals surface area (Å²) in [7, 11) is -2.48. The summed E-state index contributed by atoms with van der Waals surface area (Å²) in [6.07, 6.45) is 0.158. The second-order valence-corrected chi connectivity index (χ2v) is 7.76. The number of carbonyl (C=O) groups is 2. The topological polar surface area (TPSA) is 110 Å². The third kappa shape index (κ3) is 11.5. The van der Waals surface area contributed by atoms with Gasteiger partial charge in [-0.15, -0.1) is 0 Å². The molecule has 0 amide bonds. The fourth-order valence-electron chi connectivity index (χ4n) is 1.92. The Morgan fingerprint density at radius 3 is 1.68 bits per heavy atom. The van der Waals surface area contributed by atoms with E-state index >= 15 is 0 Å². The number of carbonyl (C=O) groups excluding carboxylic acids is 2. The fraction of sp³-hybridized carbons (Fsp3) is 0.625. The molecule has 0 rings (SSSR count). The van der Waals surface area contributed by atoms with Crippen LogP contribution in [0.2, 0.25) is 0 Å². The highest BCUT2D eigenvalue weighted by molar-refractivity contribution is 7.85. The van der Waals surface area contributed by atoms with Gasteiger partial charge in [0, 0.05) is 23.3 Å². The maximum absolute atomic E-state index is 11.4. The molecule has 0 aromatic carbocycles. The highest BCUT2D eigenvalue weighted by Gasteiger charge is 2.23. The van der Waals surface area contributed by atoms with Gasteiger partial charge in [-0.1, -0.05) is 13.2 Å². The van der Waals surface area contributed by atoms with Crippen LogP contribution in [0.1, 0.15) is 20.3 Å². The van der Waals surface area contributed by atoms with Crippen molar-refractivity contribution in [1.29, 1.82) is 0 Å². The minimum atomic E-state index is -4.29. The van der Waals surface area contributed by atoms with Gasteiger partial charge in [0.25, 0.3) is 0 Å². The van der Waals surface area contributed by atoms with Gasteiger partial charge in [-0.05, 0) is 13.8 Å². The molecule has 0 saturated heterocycles. The van der Waals surface area contributed by atoms with E-state index in [1.54, 1.807) is 7.05 Å². The molecule has 0 aromatic rings. The van der Waals surface area contributed by atoms with Crippen molar-refractivity contribution in [3.05, 3.63) is 24.3 Å². The first-order valence-electron chi connectivity index (χ1n) is 7.79. The minimum absolute atomic E-state index is 0.0980. The van der Waals surface area contributed by atoms with Crippen LogP contribution in [0.15, 0.2) is 24.3 Å². The number of likely N-dealkylation sites (N-methyl/N-ethyl adjacent to an activating group) is 1. The van der Waals surface area contributed by atoms with E-state index in [1.165, 1.54) is 13.8 Å². The van der Waals surface area contributed by atoms with Crippen LogP contribution in [0.5, 0.6) is 0 Å². The summed E-state index contributed by atoms with van der Waals surface area (Å²) in [5, 5.41) is 0. The molecule has 25 heavy (non-hydrogen) atoms. The average molecular weight is 377 g/mol. The minimum Gasteiger partial charge on any atom is -0.748 e. The second kappa shape index (κ2) is 10.3. The largest absolute Gasteiger partial charge is 0.748 e. The van der Waals surface area contributed by atoms with Crippen LogP contribution in [0, 0.1) is 0 Å². The van der Waals surface area contributed by atoms with Crippen LogP contribution in [0.25, 0.3) is 0 Å². The van der Waals surface area contributed by atoms with Gasteiger partial charge in [0.05, 0.1) is 23.7 Å². The molecular formula is C16H27NO7S. The predicted octanol–water partition coefficient (Wildman–Crippen LogP) is 0.607. The van der Waals surface area contributed by atoms with Crippen LogP contribution in [-0.2, 0) is 29.2 Å². The van der Waals surface area contributed by atoms with Gasteiger partial charge in [0.1, 0.15) is 26.3 Å². The lowest BCUT2D eigenvalue weighted by atomic mass is 10.3. The van der Waals surface area contributed by atoms with E-state index in [9.17, 15) is 22.6 Å². The molecule has 0 unspecified atom stereocenters. The van der Waals surface area contributed by atoms with Crippen LogP contribution < -0.4 is 0 Å². The first kappa shape index (κ1) is 23.3. The summed E-state index contributed by atoms with van der Waals surface area (Å²) in [4.78, 5) is 22.8. The molecule has 0 saturated carbocycles. The molecule has 0 fully saturated rings. The van der Waals surface area contributed by atoms with E-state index in [0.29, 0.717) is 19.6 Å². The van der Waals surface area contributed by atoms with E-state index in [1.807, 2.05) is 0 Å². The number of rotatable bonds is 12. The van der Waals surface area contributed by atoms with E-state index < -0.39 is 27.8 Å². The standard InChI is InChI=1S/C16H27NO7S/c1-13(2)15(18)23-10-8-17(5,7-6-12-25(20,21)22)9-11-24-16(19)14(3)4/h1,3,6-12H2,2,4-5H3. The molecule has 9 heteroatoms. The summed E-state index contributed by atoms with van der Waals surface area (Å²) in [6, 6.07) is 0. The summed E-state index contributed by atoms with van der Waals surface area (Å²) < 4.78 is 42.7. The Morgan fingerprint density at radius 2 is 1.36 bits per heavy atom. The van der Waals surface area contributed by atoms with Gasteiger partial charge in [-0.25, -0.2) is 18.0 Å². The first-order valence-corrected chi connectivity index (χ1v) is 9.36. The van der Waals surface area contributed by atoms with Gasteiger partial charge in [0.2, 0.25) is 0 Å². The first-order chi connectivity index (χ1) is 11.4. The third-order valence-electron chi connectivity index (χ3n) is 3.52. The number of nitrogens with zero attached hydrogens (tertiary/aromatic N) is 1. The fourth-order valence-corrected chi connectivity index (χ4v) is 2.40. The Hall–Kier alpha value is -1.71. The second-order valence-electron chi connectivity index (χ2n) is 6.24. The maximum Gasteiger partial charge on any atom is 0.333 e. The third-order valence-corrected chi connectivity index (χ3v) is 4.31. The van der Waals surface area contributed by atoms with Crippen molar-refractivity contribution < 1.29 is 36.5 Å². The van der Waals surface area contributed by atoms with Crippen molar-refractivity contribution in [2.24, 2.45) is 0 Å². The number of hydrogen-bond acceptors (Lipinski definition) is 7. The molecule has 0 aliphatic carbocycles. The van der Waals surface area contributed by atoms with E-state index in [0.717, 1.165) is 0 Å². The van der Waals surface area contributed by atoms with Crippen molar-refractivity contribution in [3.63, 3.8) is 0 Å². The van der Waals surface area contributed by atoms with Crippen LogP contribution in [0.3, 0.4) is 0 Å². The Kier molecular flexibility index (Phi) is 9.61. The Labute approximate surface area is 149 Å². The van der Waals surface area contributed by atoms with Gasteiger partial charge in [-0.3, -0.25) is 0 Å². The van der Waals surface area contributed by atoms with Gasteiger partial charge >= 0.3 is 11.9 Å². The molecule has 0 spiro atoms. The Balaban J connectivity index is 4.66. The molecule has 0 aliphatic heterocycles. The van der Waals surface area contributed by atoms with Crippen LogP contribution in [-0.4, -0.2) is 75.0 Å². The number of esters is 2. The molecule has 0 aromatic heterocycles. The van der Waals surface area contributed by atoms with Gasteiger partial charge < -0.3 is 18.5 Å². The highest BCUT2D eigenvalue weighted by atomic mass is 32.2.